The zero-order chi connectivity index (χ0) is 21.8. The van der Waals surface area contributed by atoms with Crippen LogP contribution < -0.4 is 9.47 Å². The van der Waals surface area contributed by atoms with E-state index >= 15 is 0 Å². The van der Waals surface area contributed by atoms with Gasteiger partial charge in [-0.25, -0.2) is 4.79 Å². The van der Waals surface area contributed by atoms with Gasteiger partial charge in [0.25, 0.3) is 5.91 Å². The monoisotopic (exact) mass is 448 g/mol. The second-order valence-corrected chi connectivity index (χ2v) is 8.38. The molecule has 1 N–H and O–H groups in total. The van der Waals surface area contributed by atoms with Crippen molar-refractivity contribution in [3.63, 3.8) is 0 Å². The van der Waals surface area contributed by atoms with Crippen molar-refractivity contribution in [1.29, 1.82) is 0 Å². The first-order chi connectivity index (χ1) is 14.3. The predicted molar refractivity (Wildman–Crippen MR) is 115 cm³/mol. The van der Waals surface area contributed by atoms with E-state index in [1.165, 1.54) is 34.9 Å². The van der Waals surface area contributed by atoms with Gasteiger partial charge in [0.2, 0.25) is 5.13 Å². The Morgan fingerprint density at radius 1 is 1.37 bits per heavy atom. The molecule has 0 aliphatic carbocycles. The van der Waals surface area contributed by atoms with Crippen LogP contribution in [0.15, 0.2) is 28.1 Å². The molecule has 1 unspecified atom stereocenters. The number of carbonyl (C=O) groups is 2. The molecular formula is C19H20N4O5S2. The number of carboxylic acids is 1. The fraction of sp³-hybridized carbons (Fsp3) is 0.316. The Kier molecular flexibility index (Phi) is 6.73. The van der Waals surface area contributed by atoms with Crippen LogP contribution in [0, 0.1) is 6.92 Å². The van der Waals surface area contributed by atoms with Crippen LogP contribution in [0.3, 0.4) is 0 Å². The second kappa shape index (κ2) is 9.26. The molecule has 158 valence electrons. The van der Waals surface area contributed by atoms with Crippen LogP contribution in [0.25, 0.3) is 6.08 Å². The van der Waals surface area contributed by atoms with Gasteiger partial charge in [-0.15, -0.1) is 10.2 Å². The third-order valence-corrected chi connectivity index (χ3v) is 5.72. The van der Waals surface area contributed by atoms with Gasteiger partial charge in [0.15, 0.2) is 22.8 Å². The van der Waals surface area contributed by atoms with Crippen molar-refractivity contribution < 1.29 is 24.2 Å². The van der Waals surface area contributed by atoms with Crippen molar-refractivity contribution in [2.24, 2.45) is 4.99 Å². The minimum absolute atomic E-state index is 0.183. The number of aliphatic carboxylic acids is 1. The summed E-state index contributed by atoms with van der Waals surface area (Å²) in [6, 6.07) is 5.07. The van der Waals surface area contributed by atoms with Gasteiger partial charge in [-0.05, 0) is 56.3 Å². The van der Waals surface area contributed by atoms with Crippen LogP contribution in [-0.2, 0) is 9.59 Å². The molecule has 11 heteroatoms. The molecule has 0 radical (unpaired) electrons. The first kappa shape index (κ1) is 21.8. The predicted octanol–water partition coefficient (Wildman–Crippen LogP) is 3.33. The highest BCUT2D eigenvalue weighted by molar-refractivity contribution is 8.18. The lowest BCUT2D eigenvalue weighted by atomic mass is 10.2. The number of aliphatic imine (C=N–C) groups is 1. The Morgan fingerprint density at radius 2 is 2.13 bits per heavy atom. The summed E-state index contributed by atoms with van der Waals surface area (Å²) in [6.07, 6.45) is 0.710. The quantitative estimate of drug-likeness (QED) is 0.642. The van der Waals surface area contributed by atoms with Gasteiger partial charge < -0.3 is 14.6 Å². The van der Waals surface area contributed by atoms with Crippen LogP contribution in [0.2, 0.25) is 0 Å². The Bertz CT molecular complexity index is 1030. The average Bonchev–Trinajstić information content (AvgIpc) is 3.22. The van der Waals surface area contributed by atoms with Crippen molar-refractivity contribution in [3.8, 4) is 11.5 Å². The highest BCUT2D eigenvalue weighted by atomic mass is 32.2. The number of ether oxygens (including phenoxy) is 2. The molecular weight excluding hydrogens is 428 g/mol. The highest BCUT2D eigenvalue weighted by Crippen LogP contribution is 2.35. The van der Waals surface area contributed by atoms with Gasteiger partial charge in [-0.2, -0.15) is 4.99 Å². The van der Waals surface area contributed by atoms with Crippen LogP contribution in [-0.4, -0.2) is 57.0 Å². The maximum absolute atomic E-state index is 12.6. The van der Waals surface area contributed by atoms with Crippen molar-refractivity contribution in [1.82, 2.24) is 15.1 Å². The van der Waals surface area contributed by atoms with Gasteiger partial charge in [-0.1, -0.05) is 17.4 Å². The van der Waals surface area contributed by atoms with E-state index in [9.17, 15) is 9.59 Å². The zero-order valence-electron chi connectivity index (χ0n) is 16.8. The van der Waals surface area contributed by atoms with Gasteiger partial charge in [0.05, 0.1) is 11.5 Å². The lowest BCUT2D eigenvalue weighted by molar-refractivity contribution is -0.144. The van der Waals surface area contributed by atoms with Crippen molar-refractivity contribution in [2.45, 2.75) is 26.9 Å². The Hall–Kier alpha value is -2.92. The third kappa shape index (κ3) is 4.97. The number of amidine groups is 1. The van der Waals surface area contributed by atoms with Crippen molar-refractivity contribution in [3.05, 3.63) is 33.7 Å². The van der Waals surface area contributed by atoms with Gasteiger partial charge in [0.1, 0.15) is 5.01 Å². The fourth-order valence-electron chi connectivity index (χ4n) is 2.44. The number of aryl methyl sites for hydroxylation is 1. The zero-order valence-corrected chi connectivity index (χ0v) is 18.4. The molecule has 1 aromatic heterocycles. The molecule has 9 nitrogen and oxygen atoms in total. The Labute approximate surface area is 181 Å². The van der Waals surface area contributed by atoms with E-state index in [1.54, 1.807) is 31.3 Å². The summed E-state index contributed by atoms with van der Waals surface area (Å²) in [4.78, 5) is 30.0. The third-order valence-electron chi connectivity index (χ3n) is 3.93. The summed E-state index contributed by atoms with van der Waals surface area (Å²) in [5.41, 5.74) is 0.714. The maximum atomic E-state index is 12.6. The number of nitrogens with zero attached hydrogens (tertiary/aromatic N) is 4. The molecule has 3 rings (SSSR count). The summed E-state index contributed by atoms with van der Waals surface area (Å²) in [5.74, 6) is -0.526. The molecule has 1 aliphatic heterocycles. The summed E-state index contributed by atoms with van der Waals surface area (Å²) in [6.45, 7) is 5.48. The number of carbonyl (C=O) groups excluding carboxylic acids is 1. The molecule has 1 aliphatic rings. The number of hydrogen-bond donors (Lipinski definition) is 1. The number of thioether (sulfide) groups is 1. The van der Waals surface area contributed by atoms with Crippen molar-refractivity contribution >= 4 is 51.4 Å². The number of carboxylic acid groups (broad SMARTS) is 1. The molecule has 30 heavy (non-hydrogen) atoms. The van der Waals surface area contributed by atoms with E-state index in [2.05, 4.69) is 15.2 Å². The molecule has 1 atom stereocenters. The molecule has 2 aromatic rings. The maximum Gasteiger partial charge on any atom is 0.344 e. The number of likely N-dealkylation sites (N-methyl/N-ethyl adjacent to an activating group) is 1. The molecule has 1 amide bonds. The lowest BCUT2D eigenvalue weighted by Gasteiger charge is -2.15. The lowest BCUT2D eigenvalue weighted by Crippen LogP contribution is -2.23. The molecule has 2 heterocycles. The summed E-state index contributed by atoms with van der Waals surface area (Å²) in [5, 5.41) is 18.7. The van der Waals surface area contributed by atoms with Gasteiger partial charge >= 0.3 is 5.97 Å². The number of aromatic nitrogens is 2. The van der Waals surface area contributed by atoms with E-state index in [4.69, 9.17) is 14.6 Å². The fourth-order valence-corrected chi connectivity index (χ4v) is 4.02. The molecule has 0 bridgehead atoms. The van der Waals surface area contributed by atoms with Crippen LogP contribution in [0.4, 0.5) is 5.13 Å². The van der Waals surface area contributed by atoms with Crippen LogP contribution in [0.1, 0.15) is 24.4 Å². The molecule has 1 saturated heterocycles. The first-order valence-electron chi connectivity index (χ1n) is 9.01. The Morgan fingerprint density at radius 3 is 2.77 bits per heavy atom. The largest absolute Gasteiger partial charge is 0.490 e. The summed E-state index contributed by atoms with van der Waals surface area (Å²) >= 11 is 2.59. The second-order valence-electron chi connectivity index (χ2n) is 6.21. The van der Waals surface area contributed by atoms with Gasteiger partial charge in [-0.3, -0.25) is 9.69 Å². The van der Waals surface area contributed by atoms with Crippen molar-refractivity contribution in [2.75, 3.05) is 13.7 Å². The smallest absolute Gasteiger partial charge is 0.344 e. The minimum atomic E-state index is -1.07. The minimum Gasteiger partial charge on any atom is -0.490 e. The average molecular weight is 449 g/mol. The Balaban J connectivity index is 1.86. The number of hydrogen-bond acceptors (Lipinski definition) is 9. The molecule has 0 saturated carbocycles. The molecule has 0 spiro atoms. The number of benzene rings is 1. The summed E-state index contributed by atoms with van der Waals surface area (Å²) in [7, 11) is 1.65. The van der Waals surface area contributed by atoms with Crippen LogP contribution in [0.5, 0.6) is 11.5 Å². The van der Waals surface area contributed by atoms with E-state index in [1.807, 2.05) is 13.8 Å². The summed E-state index contributed by atoms with van der Waals surface area (Å²) < 4.78 is 11.0. The molecule has 1 aromatic carbocycles. The topological polar surface area (TPSA) is 114 Å². The van der Waals surface area contributed by atoms with E-state index < -0.39 is 12.1 Å². The normalized spacial score (nSPS) is 17.6. The SMILES string of the molecule is CCOc1cc(/C=C2/S/C(=N/c3nnc(C)s3)N(C)C2=O)ccc1OC(C)C(=O)O. The molecule has 1 fully saturated rings. The van der Waals surface area contributed by atoms with E-state index in [0.717, 1.165) is 5.01 Å². The van der Waals surface area contributed by atoms with Crippen LogP contribution >= 0.6 is 23.1 Å². The van der Waals surface area contributed by atoms with Gasteiger partial charge in [0, 0.05) is 7.05 Å². The van der Waals surface area contributed by atoms with E-state index in [0.29, 0.717) is 38.9 Å². The number of amides is 1. The number of rotatable bonds is 7. The van der Waals surface area contributed by atoms with E-state index in [-0.39, 0.29) is 5.91 Å². The first-order valence-corrected chi connectivity index (χ1v) is 10.6. The standard InChI is InChI=1S/C19H20N4O5S2/c1-5-27-14-8-12(6-7-13(14)28-10(2)17(25)26)9-15-16(24)23(4)19(30-15)20-18-22-21-11(3)29-18/h6-10H,5H2,1-4H3,(H,25,26)/b15-9+,20-19+. The highest BCUT2D eigenvalue weighted by Gasteiger charge is 2.30.